The van der Waals surface area contributed by atoms with E-state index in [0.717, 1.165) is 28.1 Å². The highest BCUT2D eigenvalue weighted by atomic mass is 127. The second-order valence-corrected chi connectivity index (χ2v) is 7.15. The zero-order valence-corrected chi connectivity index (χ0v) is 15.2. The minimum atomic E-state index is -0.194. The second-order valence-electron chi connectivity index (χ2n) is 4.98. The highest BCUT2D eigenvalue weighted by Gasteiger charge is 2.16. The van der Waals surface area contributed by atoms with Gasteiger partial charge in [-0.2, -0.15) is 0 Å². The van der Waals surface area contributed by atoms with E-state index in [-0.39, 0.29) is 5.60 Å². The molecule has 0 heterocycles. The molecular formula is C13H21IO2Si. The summed E-state index contributed by atoms with van der Waals surface area (Å²) in [7, 11) is 1.24. The summed E-state index contributed by atoms with van der Waals surface area (Å²) in [6, 6.07) is 7.30. The lowest BCUT2D eigenvalue weighted by atomic mass is 10.2. The fourth-order valence-electron chi connectivity index (χ4n) is 1.36. The van der Waals surface area contributed by atoms with E-state index in [1.807, 2.05) is 39.0 Å². The van der Waals surface area contributed by atoms with Crippen molar-refractivity contribution >= 4 is 32.8 Å². The van der Waals surface area contributed by atoms with Gasteiger partial charge in [0.15, 0.2) is 11.5 Å². The largest absolute Gasteiger partial charge is 0.489 e. The first kappa shape index (κ1) is 14.8. The third-order valence-corrected chi connectivity index (χ3v) is 3.65. The van der Waals surface area contributed by atoms with Gasteiger partial charge in [0.2, 0.25) is 0 Å². The van der Waals surface area contributed by atoms with Crippen molar-refractivity contribution < 1.29 is 9.47 Å². The van der Waals surface area contributed by atoms with Crippen LogP contribution >= 0.6 is 22.6 Å². The molecule has 0 aliphatic heterocycles. The monoisotopic (exact) mass is 364 g/mol. The van der Waals surface area contributed by atoms with Gasteiger partial charge in [0.1, 0.15) is 5.60 Å². The summed E-state index contributed by atoms with van der Waals surface area (Å²) >= 11 is 2.29. The Bertz CT molecular complexity index is 361. The molecule has 96 valence electrons. The van der Waals surface area contributed by atoms with Gasteiger partial charge in [-0.1, -0.05) is 12.1 Å². The van der Waals surface area contributed by atoms with Crippen LogP contribution in [0.5, 0.6) is 11.5 Å². The van der Waals surface area contributed by atoms with E-state index >= 15 is 0 Å². The number of rotatable bonds is 5. The molecule has 0 atom stereocenters. The van der Waals surface area contributed by atoms with E-state index in [1.54, 1.807) is 0 Å². The molecule has 0 saturated carbocycles. The van der Waals surface area contributed by atoms with Crippen LogP contribution in [-0.4, -0.2) is 22.5 Å². The van der Waals surface area contributed by atoms with Crippen molar-refractivity contribution in [3.05, 3.63) is 21.8 Å². The van der Waals surface area contributed by atoms with E-state index in [1.165, 1.54) is 16.3 Å². The lowest BCUT2D eigenvalue weighted by molar-refractivity contribution is 0.123. The standard InChI is InChI=1S/C13H21IO2Si/c1-13(2,3)16-11-7-4-6-10(14)12(11)15-8-5-9-17/h4,6-7H,5,8-9H2,1-3,17H3. The molecule has 4 heteroatoms. The molecule has 0 N–H and O–H groups in total. The van der Waals surface area contributed by atoms with Crippen LogP contribution in [0.2, 0.25) is 6.04 Å². The predicted molar refractivity (Wildman–Crippen MR) is 84.4 cm³/mol. The molecule has 0 radical (unpaired) electrons. The minimum absolute atomic E-state index is 0.194. The number of halogens is 1. The lowest BCUT2D eigenvalue weighted by Crippen LogP contribution is -2.23. The summed E-state index contributed by atoms with van der Waals surface area (Å²) < 4.78 is 12.9. The molecule has 17 heavy (non-hydrogen) atoms. The van der Waals surface area contributed by atoms with Crippen LogP contribution in [0.15, 0.2) is 18.2 Å². The molecule has 0 aromatic heterocycles. The molecule has 0 saturated heterocycles. The summed E-state index contributed by atoms with van der Waals surface area (Å²) in [5, 5.41) is 0. The van der Waals surface area contributed by atoms with Gasteiger partial charge < -0.3 is 9.47 Å². The van der Waals surface area contributed by atoms with Crippen molar-refractivity contribution in [3.63, 3.8) is 0 Å². The van der Waals surface area contributed by atoms with Crippen molar-refractivity contribution in [1.82, 2.24) is 0 Å². The highest BCUT2D eigenvalue weighted by molar-refractivity contribution is 14.1. The lowest BCUT2D eigenvalue weighted by Gasteiger charge is -2.23. The average Bonchev–Trinajstić information content (AvgIpc) is 2.20. The summed E-state index contributed by atoms with van der Waals surface area (Å²) in [5.41, 5.74) is -0.194. The van der Waals surface area contributed by atoms with Crippen molar-refractivity contribution in [2.24, 2.45) is 0 Å². The van der Waals surface area contributed by atoms with Crippen LogP contribution in [0.25, 0.3) is 0 Å². The van der Waals surface area contributed by atoms with E-state index in [2.05, 4.69) is 22.6 Å². The first-order valence-corrected chi connectivity index (χ1v) is 8.53. The van der Waals surface area contributed by atoms with Crippen LogP contribution in [0.3, 0.4) is 0 Å². The van der Waals surface area contributed by atoms with E-state index in [4.69, 9.17) is 9.47 Å². The van der Waals surface area contributed by atoms with Crippen LogP contribution in [0.1, 0.15) is 27.2 Å². The third kappa shape index (κ3) is 5.29. The minimum Gasteiger partial charge on any atom is -0.489 e. The Kier molecular flexibility index (Phi) is 5.79. The first-order chi connectivity index (χ1) is 7.94. The van der Waals surface area contributed by atoms with Gasteiger partial charge in [-0.25, -0.2) is 0 Å². The number of hydrogen-bond donors (Lipinski definition) is 0. The molecule has 0 unspecified atom stereocenters. The van der Waals surface area contributed by atoms with Crippen LogP contribution in [0, 0.1) is 3.57 Å². The summed E-state index contributed by atoms with van der Waals surface area (Å²) in [6.45, 7) is 6.93. The SMILES string of the molecule is CC(C)(C)Oc1cccc(I)c1OCCC[SiH3]. The molecule has 0 fully saturated rings. The second kappa shape index (κ2) is 6.63. The normalized spacial score (nSPS) is 11.5. The van der Waals surface area contributed by atoms with Crippen LogP contribution < -0.4 is 9.47 Å². The first-order valence-electron chi connectivity index (χ1n) is 6.04. The molecule has 2 nitrogen and oxygen atoms in total. The average molecular weight is 364 g/mol. The summed E-state index contributed by atoms with van der Waals surface area (Å²) in [6.07, 6.45) is 1.13. The van der Waals surface area contributed by atoms with Crippen molar-refractivity contribution in [2.45, 2.75) is 38.8 Å². The Morgan fingerprint density at radius 2 is 2.00 bits per heavy atom. The van der Waals surface area contributed by atoms with Crippen LogP contribution in [0.4, 0.5) is 0 Å². The van der Waals surface area contributed by atoms with Crippen LogP contribution in [-0.2, 0) is 0 Å². The molecule has 0 spiro atoms. The van der Waals surface area contributed by atoms with Gasteiger partial charge >= 0.3 is 0 Å². The molecule has 0 bridgehead atoms. The molecule has 0 amide bonds. The van der Waals surface area contributed by atoms with E-state index in [0.29, 0.717) is 0 Å². The van der Waals surface area contributed by atoms with Crippen molar-refractivity contribution in [1.29, 1.82) is 0 Å². The summed E-state index contributed by atoms with van der Waals surface area (Å²) in [4.78, 5) is 0. The van der Waals surface area contributed by atoms with Gasteiger partial charge in [0.25, 0.3) is 0 Å². The molecular weight excluding hydrogens is 343 g/mol. The van der Waals surface area contributed by atoms with Gasteiger partial charge in [0.05, 0.1) is 10.2 Å². The molecule has 0 aliphatic carbocycles. The smallest absolute Gasteiger partial charge is 0.174 e. The zero-order valence-electron chi connectivity index (χ0n) is 11.0. The number of benzene rings is 1. The number of para-hydroxylation sites is 1. The number of hydrogen-bond acceptors (Lipinski definition) is 2. The highest BCUT2D eigenvalue weighted by Crippen LogP contribution is 2.34. The quantitative estimate of drug-likeness (QED) is 0.454. The fourth-order valence-corrected chi connectivity index (χ4v) is 2.28. The van der Waals surface area contributed by atoms with E-state index < -0.39 is 0 Å². The van der Waals surface area contributed by atoms with Gasteiger partial charge in [-0.05, 0) is 61.9 Å². The number of ether oxygens (including phenoxy) is 2. The summed E-state index contributed by atoms with van der Waals surface area (Å²) in [5.74, 6) is 1.73. The van der Waals surface area contributed by atoms with Gasteiger partial charge in [-0.15, -0.1) is 0 Å². The predicted octanol–water partition coefficient (Wildman–Crippen LogP) is 3.02. The maximum atomic E-state index is 5.92. The van der Waals surface area contributed by atoms with E-state index in [9.17, 15) is 0 Å². The Morgan fingerprint density at radius 3 is 2.59 bits per heavy atom. The zero-order chi connectivity index (χ0) is 12.9. The Hall–Kier alpha value is -0.233. The fraction of sp³-hybridized carbons (Fsp3) is 0.538. The maximum absolute atomic E-state index is 5.92. The topological polar surface area (TPSA) is 18.5 Å². The molecule has 1 aromatic carbocycles. The Morgan fingerprint density at radius 1 is 1.29 bits per heavy atom. The van der Waals surface area contributed by atoms with Crippen molar-refractivity contribution in [2.75, 3.05) is 6.61 Å². The molecule has 1 rings (SSSR count). The molecule has 1 aromatic rings. The van der Waals surface area contributed by atoms with Crippen molar-refractivity contribution in [3.8, 4) is 11.5 Å². The van der Waals surface area contributed by atoms with Gasteiger partial charge in [-0.3, -0.25) is 0 Å². The molecule has 0 aliphatic rings. The maximum Gasteiger partial charge on any atom is 0.174 e. The Balaban J connectivity index is 2.84. The van der Waals surface area contributed by atoms with Gasteiger partial charge in [0, 0.05) is 10.2 Å². The third-order valence-electron chi connectivity index (χ3n) is 2.09. The Labute approximate surface area is 121 Å².